The molecule has 0 bridgehead atoms. The molecule has 10 heteroatoms. The van der Waals surface area contributed by atoms with Crippen molar-refractivity contribution in [1.29, 1.82) is 0 Å². The van der Waals surface area contributed by atoms with Crippen molar-refractivity contribution in [2.45, 2.75) is 258 Å². The van der Waals surface area contributed by atoms with Crippen LogP contribution in [0.5, 0.6) is 0 Å². The maximum atomic E-state index is 12.7. The molecule has 0 aliphatic rings. The zero-order valence-corrected chi connectivity index (χ0v) is 40.6. The summed E-state index contributed by atoms with van der Waals surface area (Å²) in [6.45, 7) is 4.29. The number of likely N-dealkylation sites (N-methyl/N-ethyl adjacent to an activating group) is 1. The highest BCUT2D eigenvalue weighted by atomic mass is 31.2. The fourth-order valence-corrected chi connectivity index (χ4v) is 8.15. The second kappa shape index (κ2) is 42.3. The topological polar surface area (TPSA) is 111 Å². The summed E-state index contributed by atoms with van der Waals surface area (Å²) in [7, 11) is 1.19. The van der Waals surface area contributed by atoms with Crippen LogP contribution in [-0.4, -0.2) is 70.0 Å². The standard InChI is InChI=1S/C49H98NO8P/c1-6-8-10-12-14-16-18-20-22-24-26-27-29-31-33-35-37-39-41-48(51)55-45-47(46-57-59(53,54)56-44-43-50(3,4)5)58-49(52)42-40-38-36-34-32-30-28-25-23-21-19-17-15-13-11-9-7-2/h47H,6-46H2,1-5H3/t47-/m1/s1. The van der Waals surface area contributed by atoms with Crippen molar-refractivity contribution in [3.8, 4) is 0 Å². The van der Waals surface area contributed by atoms with E-state index in [1.54, 1.807) is 0 Å². The van der Waals surface area contributed by atoms with Crippen LogP contribution in [0, 0.1) is 0 Å². The largest absolute Gasteiger partial charge is 0.756 e. The van der Waals surface area contributed by atoms with E-state index >= 15 is 0 Å². The number of phosphoric acid groups is 1. The van der Waals surface area contributed by atoms with Gasteiger partial charge in [-0.15, -0.1) is 0 Å². The van der Waals surface area contributed by atoms with Gasteiger partial charge in [-0.3, -0.25) is 14.2 Å². The number of rotatable bonds is 47. The molecule has 2 atom stereocenters. The molecule has 0 spiro atoms. The normalized spacial score (nSPS) is 13.4. The summed E-state index contributed by atoms with van der Waals surface area (Å²) in [4.78, 5) is 37.7. The Balaban J connectivity index is 4.21. The number of hydrogen-bond acceptors (Lipinski definition) is 8. The summed E-state index contributed by atoms with van der Waals surface area (Å²) in [5.41, 5.74) is 0. The highest BCUT2D eigenvalue weighted by Gasteiger charge is 2.21. The predicted octanol–water partition coefficient (Wildman–Crippen LogP) is 14.1. The molecule has 9 nitrogen and oxygen atoms in total. The first-order valence-electron chi connectivity index (χ1n) is 25.2. The van der Waals surface area contributed by atoms with Crippen LogP contribution in [0.25, 0.3) is 0 Å². The van der Waals surface area contributed by atoms with E-state index in [2.05, 4.69) is 13.8 Å². The molecule has 0 aromatic rings. The summed E-state index contributed by atoms with van der Waals surface area (Å²) in [5.74, 6) is -0.814. The zero-order valence-electron chi connectivity index (χ0n) is 39.7. The fourth-order valence-electron chi connectivity index (χ4n) is 7.42. The molecule has 0 heterocycles. The third-order valence-corrected chi connectivity index (χ3v) is 12.3. The van der Waals surface area contributed by atoms with Gasteiger partial charge in [0.1, 0.15) is 19.8 Å². The van der Waals surface area contributed by atoms with Crippen LogP contribution in [0.15, 0.2) is 0 Å². The minimum Gasteiger partial charge on any atom is -0.756 e. The van der Waals surface area contributed by atoms with Crippen LogP contribution in [0.1, 0.15) is 251 Å². The molecule has 0 aliphatic heterocycles. The van der Waals surface area contributed by atoms with Gasteiger partial charge in [0.05, 0.1) is 27.7 Å². The number of ether oxygens (including phenoxy) is 2. The Morgan fingerprint density at radius 3 is 1.08 bits per heavy atom. The highest BCUT2D eigenvalue weighted by Crippen LogP contribution is 2.38. The molecule has 0 rings (SSSR count). The Kier molecular flexibility index (Phi) is 41.6. The first-order valence-corrected chi connectivity index (χ1v) is 26.7. The minimum atomic E-state index is -4.62. The second-order valence-corrected chi connectivity index (χ2v) is 20.0. The molecule has 0 saturated carbocycles. The lowest BCUT2D eigenvalue weighted by molar-refractivity contribution is -0.870. The van der Waals surface area contributed by atoms with E-state index in [9.17, 15) is 19.0 Å². The monoisotopic (exact) mass is 860 g/mol. The quantitative estimate of drug-likeness (QED) is 0.0257. The van der Waals surface area contributed by atoms with Gasteiger partial charge in [-0.05, 0) is 12.8 Å². The van der Waals surface area contributed by atoms with Gasteiger partial charge >= 0.3 is 11.9 Å². The molecule has 0 N–H and O–H groups in total. The van der Waals surface area contributed by atoms with E-state index in [0.717, 1.165) is 32.1 Å². The predicted molar refractivity (Wildman–Crippen MR) is 245 cm³/mol. The lowest BCUT2D eigenvalue weighted by Gasteiger charge is -2.28. The average molecular weight is 860 g/mol. The van der Waals surface area contributed by atoms with Crippen molar-refractivity contribution in [2.24, 2.45) is 0 Å². The van der Waals surface area contributed by atoms with Crippen molar-refractivity contribution in [3.63, 3.8) is 0 Å². The van der Waals surface area contributed by atoms with Crippen molar-refractivity contribution < 1.29 is 42.1 Å². The maximum Gasteiger partial charge on any atom is 0.306 e. The SMILES string of the molecule is CCCCCCCCCCCCCCCCCCCCC(=O)OC[C@H](COP(=O)([O-])OCC[N+](C)(C)C)OC(=O)CCCCCCCCCCCCCCCCCCC. The number of esters is 2. The molecule has 0 radical (unpaired) electrons. The van der Waals surface area contributed by atoms with Crippen molar-refractivity contribution in [1.82, 2.24) is 0 Å². The smallest absolute Gasteiger partial charge is 0.306 e. The Labute approximate surface area is 365 Å². The number of phosphoric ester groups is 1. The molecule has 0 aliphatic carbocycles. The Morgan fingerprint density at radius 2 is 0.763 bits per heavy atom. The molecular formula is C49H98NO8P. The number of nitrogens with zero attached hydrogens (tertiary/aromatic N) is 1. The van der Waals surface area contributed by atoms with Crippen molar-refractivity contribution >= 4 is 19.8 Å². The number of carbonyl (C=O) groups excluding carboxylic acids is 2. The third-order valence-electron chi connectivity index (χ3n) is 11.4. The molecule has 0 aromatic heterocycles. The Morgan fingerprint density at radius 1 is 0.458 bits per heavy atom. The average Bonchev–Trinajstić information content (AvgIpc) is 3.19. The highest BCUT2D eigenvalue weighted by molar-refractivity contribution is 7.45. The number of unbranched alkanes of at least 4 members (excludes halogenated alkanes) is 33. The van der Waals surface area contributed by atoms with Crippen LogP contribution in [0.4, 0.5) is 0 Å². The lowest BCUT2D eigenvalue weighted by atomic mass is 10.0. The second-order valence-electron chi connectivity index (χ2n) is 18.6. The van der Waals surface area contributed by atoms with Gasteiger partial charge in [0.25, 0.3) is 7.82 Å². The van der Waals surface area contributed by atoms with Gasteiger partial charge in [-0.2, -0.15) is 0 Å². The van der Waals surface area contributed by atoms with E-state index in [0.29, 0.717) is 17.4 Å². The first-order chi connectivity index (χ1) is 28.5. The Hall–Kier alpha value is -0.990. The maximum absolute atomic E-state index is 12.7. The Bertz CT molecular complexity index is 974. The van der Waals surface area contributed by atoms with Crippen molar-refractivity contribution in [3.05, 3.63) is 0 Å². The van der Waals surface area contributed by atoms with Gasteiger partial charge in [0.15, 0.2) is 6.10 Å². The number of quaternary nitrogens is 1. The lowest BCUT2D eigenvalue weighted by Crippen LogP contribution is -2.37. The molecule has 1 unspecified atom stereocenters. The summed E-state index contributed by atoms with van der Waals surface area (Å²) < 4.78 is 34.0. The van der Waals surface area contributed by atoms with E-state index in [1.165, 1.54) is 186 Å². The van der Waals surface area contributed by atoms with Crippen LogP contribution < -0.4 is 4.89 Å². The number of hydrogen-bond donors (Lipinski definition) is 0. The zero-order chi connectivity index (χ0) is 43.6. The summed E-state index contributed by atoms with van der Waals surface area (Å²) in [6, 6.07) is 0. The molecular weight excluding hydrogens is 762 g/mol. The minimum absolute atomic E-state index is 0.0254. The van der Waals surface area contributed by atoms with E-state index in [-0.39, 0.29) is 32.0 Å². The first kappa shape index (κ1) is 58.0. The molecule has 0 saturated heterocycles. The fraction of sp³-hybridized carbons (Fsp3) is 0.959. The van der Waals surface area contributed by atoms with Gasteiger partial charge in [-0.1, -0.05) is 226 Å². The van der Waals surface area contributed by atoms with Crippen LogP contribution >= 0.6 is 7.82 Å². The molecule has 0 aromatic carbocycles. The number of carbonyl (C=O) groups is 2. The van der Waals surface area contributed by atoms with E-state index in [4.69, 9.17) is 18.5 Å². The van der Waals surface area contributed by atoms with Crippen molar-refractivity contribution in [2.75, 3.05) is 47.5 Å². The van der Waals surface area contributed by atoms with Crippen LogP contribution in [0.3, 0.4) is 0 Å². The molecule has 0 fully saturated rings. The molecule has 0 amide bonds. The van der Waals surface area contributed by atoms with Gasteiger partial charge in [-0.25, -0.2) is 0 Å². The van der Waals surface area contributed by atoms with Crippen LogP contribution in [0.2, 0.25) is 0 Å². The van der Waals surface area contributed by atoms with Gasteiger partial charge in [0, 0.05) is 12.8 Å². The molecule has 59 heavy (non-hydrogen) atoms. The van der Waals surface area contributed by atoms with Gasteiger partial charge in [0.2, 0.25) is 0 Å². The summed E-state index contributed by atoms with van der Waals surface area (Å²) in [5, 5.41) is 0. The summed E-state index contributed by atoms with van der Waals surface area (Å²) in [6.07, 6.45) is 44.1. The third kappa shape index (κ3) is 46.3. The summed E-state index contributed by atoms with van der Waals surface area (Å²) >= 11 is 0. The van der Waals surface area contributed by atoms with Gasteiger partial charge < -0.3 is 27.9 Å². The molecule has 352 valence electrons. The van der Waals surface area contributed by atoms with E-state index in [1.807, 2.05) is 21.1 Å². The van der Waals surface area contributed by atoms with E-state index < -0.39 is 26.5 Å². The van der Waals surface area contributed by atoms with Crippen LogP contribution in [-0.2, 0) is 32.7 Å².